The standard InChI is InChI=1S/C13H11BrN2O/c14-11-3-1-2-10(8-11)12(17)6-9-4-5-16-13(15)7-9/h1-5,7-8H,6H2,(H2,15,16). The van der Waals surface area contributed by atoms with E-state index in [4.69, 9.17) is 5.73 Å². The van der Waals surface area contributed by atoms with Crippen LogP contribution in [-0.2, 0) is 6.42 Å². The van der Waals surface area contributed by atoms with Crippen LogP contribution in [0.15, 0.2) is 47.1 Å². The lowest BCUT2D eigenvalue weighted by Gasteiger charge is -2.02. The van der Waals surface area contributed by atoms with Crippen molar-refractivity contribution in [2.24, 2.45) is 0 Å². The van der Waals surface area contributed by atoms with Crippen LogP contribution >= 0.6 is 15.9 Å². The molecule has 0 bridgehead atoms. The summed E-state index contributed by atoms with van der Waals surface area (Å²) in [7, 11) is 0. The van der Waals surface area contributed by atoms with Crippen LogP contribution in [0.2, 0.25) is 0 Å². The molecule has 0 atom stereocenters. The average molecular weight is 291 g/mol. The number of Topliss-reactive ketones (excluding diaryl/α,β-unsaturated/α-hetero) is 1. The molecular weight excluding hydrogens is 280 g/mol. The smallest absolute Gasteiger partial charge is 0.167 e. The van der Waals surface area contributed by atoms with Crippen molar-refractivity contribution in [2.45, 2.75) is 6.42 Å². The van der Waals surface area contributed by atoms with E-state index < -0.39 is 0 Å². The third-order valence-corrected chi connectivity index (χ3v) is 2.85. The van der Waals surface area contributed by atoms with Gasteiger partial charge in [0, 0.05) is 22.7 Å². The lowest BCUT2D eigenvalue weighted by atomic mass is 10.0. The van der Waals surface area contributed by atoms with Crippen molar-refractivity contribution in [2.75, 3.05) is 5.73 Å². The first-order chi connectivity index (χ1) is 8.15. The van der Waals surface area contributed by atoms with Crippen molar-refractivity contribution in [1.82, 2.24) is 4.98 Å². The van der Waals surface area contributed by atoms with Gasteiger partial charge in [0.2, 0.25) is 0 Å². The summed E-state index contributed by atoms with van der Waals surface area (Å²) in [4.78, 5) is 15.9. The monoisotopic (exact) mass is 290 g/mol. The van der Waals surface area contributed by atoms with Gasteiger partial charge in [0.25, 0.3) is 0 Å². The van der Waals surface area contributed by atoms with E-state index in [-0.39, 0.29) is 5.78 Å². The number of nitrogens with zero attached hydrogens (tertiary/aromatic N) is 1. The minimum atomic E-state index is 0.0666. The second kappa shape index (κ2) is 5.10. The Morgan fingerprint density at radius 2 is 2.12 bits per heavy atom. The highest BCUT2D eigenvalue weighted by atomic mass is 79.9. The highest BCUT2D eigenvalue weighted by molar-refractivity contribution is 9.10. The normalized spacial score (nSPS) is 10.2. The van der Waals surface area contributed by atoms with Gasteiger partial charge in [0.05, 0.1) is 0 Å². The van der Waals surface area contributed by atoms with Crippen molar-refractivity contribution < 1.29 is 4.79 Å². The number of nitrogen functional groups attached to an aromatic ring is 1. The zero-order chi connectivity index (χ0) is 12.3. The summed E-state index contributed by atoms with van der Waals surface area (Å²) in [6, 6.07) is 10.9. The molecule has 0 spiro atoms. The van der Waals surface area contributed by atoms with Gasteiger partial charge in [-0.1, -0.05) is 28.1 Å². The Bertz CT molecular complexity index is 555. The number of pyridine rings is 1. The number of ketones is 1. The minimum absolute atomic E-state index is 0.0666. The van der Waals surface area contributed by atoms with Crippen molar-refractivity contribution in [1.29, 1.82) is 0 Å². The van der Waals surface area contributed by atoms with E-state index in [1.807, 2.05) is 18.2 Å². The van der Waals surface area contributed by atoms with Crippen LogP contribution in [0.5, 0.6) is 0 Å². The lowest BCUT2D eigenvalue weighted by molar-refractivity contribution is 0.0993. The van der Waals surface area contributed by atoms with E-state index in [0.29, 0.717) is 17.8 Å². The Morgan fingerprint density at radius 1 is 1.29 bits per heavy atom. The van der Waals surface area contributed by atoms with Crippen LogP contribution in [0.4, 0.5) is 5.82 Å². The van der Waals surface area contributed by atoms with Crippen molar-refractivity contribution in [3.05, 3.63) is 58.2 Å². The third kappa shape index (κ3) is 3.14. The number of hydrogen-bond acceptors (Lipinski definition) is 3. The van der Waals surface area contributed by atoms with Gasteiger partial charge in [-0.05, 0) is 29.8 Å². The zero-order valence-corrected chi connectivity index (χ0v) is 10.6. The summed E-state index contributed by atoms with van der Waals surface area (Å²) in [5.41, 5.74) is 7.13. The van der Waals surface area contributed by atoms with E-state index in [2.05, 4.69) is 20.9 Å². The molecule has 86 valence electrons. The Hall–Kier alpha value is -1.68. The number of hydrogen-bond donors (Lipinski definition) is 1. The fraction of sp³-hybridized carbons (Fsp3) is 0.0769. The molecule has 0 aliphatic heterocycles. The fourth-order valence-corrected chi connectivity index (χ4v) is 1.95. The third-order valence-electron chi connectivity index (χ3n) is 2.36. The molecule has 0 saturated carbocycles. The van der Waals surface area contributed by atoms with Gasteiger partial charge in [0.15, 0.2) is 5.78 Å². The van der Waals surface area contributed by atoms with Crippen LogP contribution in [0.25, 0.3) is 0 Å². The Balaban J connectivity index is 2.17. The number of anilines is 1. The number of benzene rings is 1. The van der Waals surface area contributed by atoms with Crippen LogP contribution in [0.1, 0.15) is 15.9 Å². The molecule has 2 N–H and O–H groups in total. The summed E-state index contributed by atoms with van der Waals surface area (Å²) in [5.74, 6) is 0.501. The maximum atomic E-state index is 12.0. The van der Waals surface area contributed by atoms with Gasteiger partial charge in [-0.15, -0.1) is 0 Å². The molecule has 0 radical (unpaired) electrons. The maximum Gasteiger partial charge on any atom is 0.167 e. The number of aromatic nitrogens is 1. The van der Waals surface area contributed by atoms with Gasteiger partial charge in [-0.3, -0.25) is 4.79 Å². The Morgan fingerprint density at radius 3 is 2.82 bits per heavy atom. The van der Waals surface area contributed by atoms with E-state index in [1.54, 1.807) is 24.4 Å². The van der Waals surface area contributed by atoms with Gasteiger partial charge in [0.1, 0.15) is 5.82 Å². The molecule has 0 aliphatic rings. The van der Waals surface area contributed by atoms with E-state index in [0.717, 1.165) is 10.0 Å². The van der Waals surface area contributed by atoms with Crippen LogP contribution in [-0.4, -0.2) is 10.8 Å². The molecule has 1 heterocycles. The summed E-state index contributed by atoms with van der Waals surface area (Å²) < 4.78 is 0.901. The second-order valence-electron chi connectivity index (χ2n) is 3.70. The van der Waals surface area contributed by atoms with Crippen molar-refractivity contribution in [3.8, 4) is 0 Å². The molecule has 1 aromatic carbocycles. The number of carbonyl (C=O) groups excluding carboxylic acids is 1. The number of nitrogens with two attached hydrogens (primary N) is 1. The molecule has 3 nitrogen and oxygen atoms in total. The Kier molecular flexibility index (Phi) is 3.54. The molecule has 0 saturated heterocycles. The molecule has 1 aromatic heterocycles. The molecule has 2 aromatic rings. The molecule has 0 fully saturated rings. The first kappa shape index (κ1) is 11.8. The van der Waals surface area contributed by atoms with Crippen molar-refractivity contribution in [3.63, 3.8) is 0 Å². The summed E-state index contributed by atoms with van der Waals surface area (Å²) in [5, 5.41) is 0. The number of carbonyl (C=O) groups is 1. The fourth-order valence-electron chi connectivity index (χ4n) is 1.55. The zero-order valence-electron chi connectivity index (χ0n) is 9.06. The number of rotatable bonds is 3. The average Bonchev–Trinajstić information content (AvgIpc) is 2.29. The molecule has 0 amide bonds. The molecule has 0 unspecified atom stereocenters. The van der Waals surface area contributed by atoms with E-state index in [9.17, 15) is 4.79 Å². The second-order valence-corrected chi connectivity index (χ2v) is 4.61. The van der Waals surface area contributed by atoms with Crippen LogP contribution < -0.4 is 5.73 Å². The molecule has 2 rings (SSSR count). The van der Waals surface area contributed by atoms with E-state index >= 15 is 0 Å². The molecular formula is C13H11BrN2O. The quantitative estimate of drug-likeness (QED) is 0.885. The van der Waals surface area contributed by atoms with Gasteiger partial charge >= 0.3 is 0 Å². The summed E-state index contributed by atoms with van der Waals surface area (Å²) in [6.07, 6.45) is 1.95. The lowest BCUT2D eigenvalue weighted by Crippen LogP contribution is -2.04. The highest BCUT2D eigenvalue weighted by Crippen LogP contribution is 2.14. The van der Waals surface area contributed by atoms with Crippen LogP contribution in [0.3, 0.4) is 0 Å². The predicted molar refractivity (Wildman–Crippen MR) is 70.8 cm³/mol. The molecule has 4 heteroatoms. The summed E-state index contributed by atoms with van der Waals surface area (Å²) in [6.45, 7) is 0. The van der Waals surface area contributed by atoms with Crippen LogP contribution in [0, 0.1) is 0 Å². The first-order valence-corrected chi connectivity index (χ1v) is 5.93. The SMILES string of the molecule is Nc1cc(CC(=O)c2cccc(Br)c2)ccn1. The minimum Gasteiger partial charge on any atom is -0.384 e. The topological polar surface area (TPSA) is 56.0 Å². The van der Waals surface area contributed by atoms with Gasteiger partial charge in [-0.25, -0.2) is 4.98 Å². The first-order valence-electron chi connectivity index (χ1n) is 5.14. The molecule has 17 heavy (non-hydrogen) atoms. The maximum absolute atomic E-state index is 12.0. The van der Waals surface area contributed by atoms with Gasteiger partial charge < -0.3 is 5.73 Å². The summed E-state index contributed by atoms with van der Waals surface area (Å²) >= 11 is 3.35. The molecule has 0 aliphatic carbocycles. The predicted octanol–water partition coefficient (Wildman–Crippen LogP) is 2.85. The van der Waals surface area contributed by atoms with Crippen molar-refractivity contribution >= 4 is 27.5 Å². The number of halogens is 1. The highest BCUT2D eigenvalue weighted by Gasteiger charge is 2.07. The van der Waals surface area contributed by atoms with Gasteiger partial charge in [-0.2, -0.15) is 0 Å². The van der Waals surface area contributed by atoms with E-state index in [1.165, 1.54) is 0 Å². The Labute approximate surface area is 108 Å². The largest absolute Gasteiger partial charge is 0.384 e.